The second kappa shape index (κ2) is 7.72. The molecule has 3 atom stereocenters. The number of nitrogens with zero attached hydrogens (tertiary/aromatic N) is 1. The van der Waals surface area contributed by atoms with E-state index in [4.69, 9.17) is 16.0 Å². The molecule has 0 aliphatic carbocycles. The van der Waals surface area contributed by atoms with E-state index in [9.17, 15) is 4.79 Å². The first-order chi connectivity index (χ1) is 12.7. The molecule has 2 aliphatic heterocycles. The Morgan fingerprint density at radius 2 is 2.00 bits per heavy atom. The van der Waals surface area contributed by atoms with Crippen LogP contribution in [0.3, 0.4) is 0 Å². The molecule has 1 aromatic carbocycles. The molecular formula is C20H24ClN3O2. The fourth-order valence-corrected chi connectivity index (χ4v) is 4.55. The number of carbonyl (C=O) groups is 1. The highest BCUT2D eigenvalue weighted by atomic mass is 35.5. The molecule has 4 rings (SSSR count). The third kappa shape index (κ3) is 4.05. The molecular weight excluding hydrogens is 350 g/mol. The van der Waals surface area contributed by atoms with E-state index in [2.05, 4.69) is 15.5 Å². The van der Waals surface area contributed by atoms with Gasteiger partial charge in [-0.1, -0.05) is 24.1 Å². The summed E-state index contributed by atoms with van der Waals surface area (Å²) in [5.41, 5.74) is 0.713. The van der Waals surface area contributed by atoms with Gasteiger partial charge >= 0.3 is 6.03 Å². The smallest absolute Gasteiger partial charge is 0.319 e. The minimum atomic E-state index is -0.158. The molecule has 26 heavy (non-hydrogen) atoms. The molecule has 3 heterocycles. The lowest BCUT2D eigenvalue weighted by Crippen LogP contribution is -2.56. The summed E-state index contributed by atoms with van der Waals surface area (Å²) >= 11 is 5.97. The fraction of sp³-hybridized carbons (Fsp3) is 0.450. The van der Waals surface area contributed by atoms with Crippen LogP contribution in [-0.2, 0) is 6.54 Å². The van der Waals surface area contributed by atoms with Crippen LogP contribution in [0.15, 0.2) is 47.1 Å². The summed E-state index contributed by atoms with van der Waals surface area (Å²) < 4.78 is 5.54. The zero-order valence-corrected chi connectivity index (χ0v) is 15.4. The van der Waals surface area contributed by atoms with Crippen LogP contribution in [-0.4, -0.2) is 29.1 Å². The number of furan rings is 1. The lowest BCUT2D eigenvalue weighted by Gasteiger charge is -2.48. The number of nitrogens with one attached hydrogen (secondary N) is 2. The van der Waals surface area contributed by atoms with Gasteiger partial charge in [0, 0.05) is 28.8 Å². The molecule has 2 bridgehead atoms. The molecule has 0 spiro atoms. The first kappa shape index (κ1) is 17.4. The maximum Gasteiger partial charge on any atom is 0.319 e. The zero-order chi connectivity index (χ0) is 17.9. The van der Waals surface area contributed by atoms with E-state index >= 15 is 0 Å². The minimum Gasteiger partial charge on any atom is -0.468 e. The van der Waals surface area contributed by atoms with Crippen molar-refractivity contribution in [3.63, 3.8) is 0 Å². The van der Waals surface area contributed by atoms with Crippen molar-refractivity contribution in [3.8, 4) is 0 Å². The van der Waals surface area contributed by atoms with Gasteiger partial charge in [0.1, 0.15) is 5.76 Å². The number of benzene rings is 1. The van der Waals surface area contributed by atoms with Crippen molar-refractivity contribution in [1.82, 2.24) is 10.2 Å². The molecule has 138 valence electrons. The Morgan fingerprint density at radius 1 is 1.19 bits per heavy atom. The van der Waals surface area contributed by atoms with E-state index in [1.807, 2.05) is 24.3 Å². The van der Waals surface area contributed by atoms with Crippen LogP contribution in [0, 0.1) is 0 Å². The topological polar surface area (TPSA) is 57.5 Å². The van der Waals surface area contributed by atoms with E-state index in [-0.39, 0.29) is 12.1 Å². The summed E-state index contributed by atoms with van der Waals surface area (Å²) in [6, 6.07) is 12.3. The molecule has 0 saturated carbocycles. The Balaban J connectivity index is 1.35. The predicted molar refractivity (Wildman–Crippen MR) is 102 cm³/mol. The van der Waals surface area contributed by atoms with Gasteiger partial charge < -0.3 is 15.1 Å². The number of anilines is 1. The van der Waals surface area contributed by atoms with Gasteiger partial charge in [0.15, 0.2) is 0 Å². The molecule has 6 heteroatoms. The van der Waals surface area contributed by atoms with Crippen molar-refractivity contribution in [3.05, 3.63) is 53.4 Å². The molecule has 2 aliphatic rings. The Morgan fingerprint density at radius 3 is 2.69 bits per heavy atom. The van der Waals surface area contributed by atoms with E-state index in [1.165, 1.54) is 19.3 Å². The van der Waals surface area contributed by atoms with Gasteiger partial charge in [-0.15, -0.1) is 0 Å². The number of hydrogen-bond donors (Lipinski definition) is 2. The lowest BCUT2D eigenvalue weighted by molar-refractivity contribution is 0.0150. The standard InChI is InChI=1S/C20H24ClN3O2/c21-14-4-1-5-15(10-14)22-20(25)23-16-11-17-6-2-7-18(12-16)24(17)13-19-8-3-9-26-19/h1,3-5,8-10,16-18H,2,6-7,11-13H2,(H2,22,23,25)/t16?,17-,18+. The van der Waals surface area contributed by atoms with Crippen molar-refractivity contribution in [2.75, 3.05) is 5.32 Å². The van der Waals surface area contributed by atoms with Crippen LogP contribution in [0.25, 0.3) is 0 Å². The predicted octanol–water partition coefficient (Wildman–Crippen LogP) is 4.64. The molecule has 1 unspecified atom stereocenters. The number of carbonyl (C=O) groups excluding carboxylic acids is 1. The highest BCUT2D eigenvalue weighted by Gasteiger charge is 2.38. The summed E-state index contributed by atoms with van der Waals surface area (Å²) in [4.78, 5) is 14.9. The van der Waals surface area contributed by atoms with Crippen molar-refractivity contribution in [2.45, 2.75) is 56.8 Å². The Hall–Kier alpha value is -1.98. The van der Waals surface area contributed by atoms with Gasteiger partial charge in [-0.25, -0.2) is 4.79 Å². The number of fused-ring (bicyclic) bond motifs is 2. The number of piperidine rings is 2. The third-order valence-electron chi connectivity index (χ3n) is 5.46. The van der Waals surface area contributed by atoms with E-state index in [0.29, 0.717) is 22.8 Å². The van der Waals surface area contributed by atoms with Crippen LogP contribution in [0.2, 0.25) is 5.02 Å². The molecule has 2 N–H and O–H groups in total. The van der Waals surface area contributed by atoms with Crippen LogP contribution in [0.5, 0.6) is 0 Å². The first-order valence-electron chi connectivity index (χ1n) is 9.28. The normalized spacial score (nSPS) is 25.7. The van der Waals surface area contributed by atoms with Crippen molar-refractivity contribution in [1.29, 1.82) is 0 Å². The highest BCUT2D eigenvalue weighted by Crippen LogP contribution is 2.35. The molecule has 1 aromatic heterocycles. The molecule has 5 nitrogen and oxygen atoms in total. The second-order valence-electron chi connectivity index (χ2n) is 7.27. The Labute approximate surface area is 158 Å². The van der Waals surface area contributed by atoms with Crippen LogP contribution < -0.4 is 10.6 Å². The third-order valence-corrected chi connectivity index (χ3v) is 5.70. The summed E-state index contributed by atoms with van der Waals surface area (Å²) in [5.74, 6) is 1.02. The number of halogens is 1. The molecule has 2 amide bonds. The average molecular weight is 374 g/mol. The van der Waals surface area contributed by atoms with Gasteiger partial charge in [0.25, 0.3) is 0 Å². The average Bonchev–Trinajstić information content (AvgIpc) is 3.08. The van der Waals surface area contributed by atoms with E-state index < -0.39 is 0 Å². The fourth-order valence-electron chi connectivity index (χ4n) is 4.36. The van der Waals surface area contributed by atoms with Crippen molar-refractivity contribution >= 4 is 23.3 Å². The maximum absolute atomic E-state index is 12.4. The number of urea groups is 1. The number of hydrogen-bond acceptors (Lipinski definition) is 3. The lowest BCUT2D eigenvalue weighted by atomic mass is 9.81. The number of amides is 2. The largest absolute Gasteiger partial charge is 0.468 e. The van der Waals surface area contributed by atoms with Crippen LogP contribution in [0.4, 0.5) is 10.5 Å². The Kier molecular flexibility index (Phi) is 5.18. The summed E-state index contributed by atoms with van der Waals surface area (Å²) in [6.45, 7) is 0.865. The first-order valence-corrected chi connectivity index (χ1v) is 9.66. The van der Waals surface area contributed by atoms with Gasteiger partial charge in [0.05, 0.1) is 12.8 Å². The van der Waals surface area contributed by atoms with Gasteiger partial charge in [-0.05, 0) is 56.0 Å². The zero-order valence-electron chi connectivity index (χ0n) is 14.7. The monoisotopic (exact) mass is 373 g/mol. The summed E-state index contributed by atoms with van der Waals surface area (Å²) in [6.07, 6.45) is 7.35. The number of rotatable bonds is 4. The SMILES string of the molecule is O=C(Nc1cccc(Cl)c1)NC1C[C@H]2CCC[C@@H](C1)N2Cc1ccco1. The second-order valence-corrected chi connectivity index (χ2v) is 7.70. The van der Waals surface area contributed by atoms with Gasteiger partial charge in [0.2, 0.25) is 0 Å². The molecule has 2 saturated heterocycles. The minimum absolute atomic E-state index is 0.158. The molecule has 0 radical (unpaired) electrons. The van der Waals surface area contributed by atoms with E-state index in [1.54, 1.807) is 18.4 Å². The van der Waals surface area contributed by atoms with Crippen molar-refractivity contribution in [2.24, 2.45) is 0 Å². The van der Waals surface area contributed by atoms with Crippen LogP contribution in [0.1, 0.15) is 37.9 Å². The van der Waals surface area contributed by atoms with Crippen molar-refractivity contribution < 1.29 is 9.21 Å². The highest BCUT2D eigenvalue weighted by molar-refractivity contribution is 6.30. The van der Waals surface area contributed by atoms with Gasteiger partial charge in [-0.2, -0.15) is 0 Å². The van der Waals surface area contributed by atoms with Gasteiger partial charge in [-0.3, -0.25) is 4.90 Å². The maximum atomic E-state index is 12.4. The summed E-state index contributed by atoms with van der Waals surface area (Å²) in [7, 11) is 0. The quantitative estimate of drug-likeness (QED) is 0.820. The van der Waals surface area contributed by atoms with Crippen LogP contribution >= 0.6 is 11.6 Å². The molecule has 2 aromatic rings. The Bertz CT molecular complexity index is 735. The van der Waals surface area contributed by atoms with E-state index in [0.717, 1.165) is 25.1 Å². The molecule has 2 fully saturated rings. The summed E-state index contributed by atoms with van der Waals surface area (Å²) in [5, 5.41) is 6.65.